The Bertz CT molecular complexity index is 2080. The van der Waals surface area contributed by atoms with Crippen molar-refractivity contribution in [1.29, 1.82) is 0 Å². The second-order valence-electron chi connectivity index (χ2n) is 20.7. The summed E-state index contributed by atoms with van der Waals surface area (Å²) in [6, 6.07) is 2.83. The number of phenols is 1. The molecule has 348 valence electrons. The Morgan fingerprint density at radius 2 is 1.89 bits per heavy atom. The summed E-state index contributed by atoms with van der Waals surface area (Å²) in [6.45, 7) is 3.22. The number of nitrogens with two attached hydrogens (primary N) is 1. The zero-order valence-corrected chi connectivity index (χ0v) is 39.0. The molecule has 2 saturated carbocycles. The number of carbonyl (C=O) groups excluding carboxylic acids is 1. The Labute approximate surface area is 387 Å². The van der Waals surface area contributed by atoms with Crippen molar-refractivity contribution in [2.75, 3.05) is 25.4 Å². The number of aliphatic hydroxyl groups is 3. The first-order chi connectivity index (χ1) is 30.9. The first kappa shape index (κ1) is 46.0. The summed E-state index contributed by atoms with van der Waals surface area (Å²) in [5.41, 5.74) is 6.97. The van der Waals surface area contributed by atoms with E-state index in [-0.39, 0.29) is 47.1 Å². The number of aromatic hydroxyl groups is 1. The molecule has 0 amide bonds. The third-order valence-electron chi connectivity index (χ3n) is 16.1. The van der Waals surface area contributed by atoms with Crippen LogP contribution in [0.25, 0.3) is 0 Å². The highest BCUT2D eigenvalue weighted by Gasteiger charge is 2.50. The number of ether oxygens (including phenoxy) is 2. The van der Waals surface area contributed by atoms with Crippen molar-refractivity contribution in [2.45, 2.75) is 169 Å². The van der Waals surface area contributed by atoms with Crippen molar-refractivity contribution < 1.29 is 34.7 Å². The summed E-state index contributed by atoms with van der Waals surface area (Å²) >= 11 is 0. The predicted molar refractivity (Wildman–Crippen MR) is 252 cm³/mol. The van der Waals surface area contributed by atoms with Crippen LogP contribution in [0.5, 0.6) is 11.5 Å². The number of guanidine groups is 1. The lowest BCUT2D eigenvalue weighted by Crippen LogP contribution is -2.59. The average Bonchev–Trinajstić information content (AvgIpc) is 3.72. The van der Waals surface area contributed by atoms with E-state index in [9.17, 15) is 25.2 Å². The molecule has 9 N–H and O–H groups in total. The van der Waals surface area contributed by atoms with E-state index in [4.69, 9.17) is 20.2 Å². The Morgan fingerprint density at radius 3 is 2.72 bits per heavy atom. The molecular weight excluding hydrogens is 847 g/mol. The number of rotatable bonds is 2. The third-order valence-corrected chi connectivity index (χ3v) is 18.9. The van der Waals surface area contributed by atoms with Crippen LogP contribution in [-0.4, -0.2) is 105 Å². The topological polar surface area (TPSA) is 191 Å². The molecule has 8 bridgehead atoms. The maximum Gasteiger partial charge on any atom is 0.302 e. The van der Waals surface area contributed by atoms with Crippen molar-refractivity contribution in [3.63, 3.8) is 0 Å². The first-order valence-corrected chi connectivity index (χ1v) is 26.5. The lowest BCUT2D eigenvalue weighted by Gasteiger charge is -2.47. The van der Waals surface area contributed by atoms with Crippen molar-refractivity contribution in [3.8, 4) is 35.2 Å². The second-order valence-corrected chi connectivity index (χ2v) is 23.3. The molecule has 0 aromatic heterocycles. The molecule has 12 atom stereocenters. The van der Waals surface area contributed by atoms with E-state index in [0.717, 1.165) is 43.5 Å². The Morgan fingerprint density at radius 1 is 1.05 bits per heavy atom. The highest BCUT2D eigenvalue weighted by atomic mass is 33.1. The Kier molecular flexibility index (Phi) is 13.9. The predicted octanol–water partition coefficient (Wildman–Crippen LogP) is 5.24. The molecule has 8 aliphatic rings. The molecule has 4 aliphatic heterocycles. The fourth-order valence-electron chi connectivity index (χ4n) is 13.0. The quantitative estimate of drug-likeness (QED) is 0.0833. The number of aliphatic imine (C=N–C) groups is 1. The molecular formula is C50H69N5O7S2. The SMILES string of the molecule is CC(=O)OC1CC(O)CCC23C#CC4CC5C#CC(CNCC6(C5)CC(CCN6)Oc5cc(c(CO)cc5O)CC41)SSCC1(CCCC4(CCCC4)C1)NC(N)=NC2C=CCC3O. The maximum atomic E-state index is 13.0. The number of piperidine rings is 1. The highest BCUT2D eigenvalue weighted by molar-refractivity contribution is 8.77. The molecule has 4 spiro atoms. The van der Waals surface area contributed by atoms with E-state index < -0.39 is 47.6 Å². The van der Waals surface area contributed by atoms with Gasteiger partial charge in [-0.25, -0.2) is 4.99 Å². The number of nitrogens with one attached hydrogen (secondary N) is 3. The molecule has 12 nitrogen and oxygen atoms in total. The molecule has 14 heteroatoms. The van der Waals surface area contributed by atoms with Gasteiger partial charge in [0.15, 0.2) is 17.5 Å². The average molecular weight is 916 g/mol. The number of aliphatic hydroxyl groups excluding tert-OH is 3. The Balaban J connectivity index is 1.23. The van der Waals surface area contributed by atoms with E-state index >= 15 is 0 Å². The fraction of sp³-hybridized carbons (Fsp3) is 0.720. The zero-order chi connectivity index (χ0) is 44.5. The molecule has 0 radical (unpaired) electrons. The van der Waals surface area contributed by atoms with Crippen LogP contribution in [0.2, 0.25) is 0 Å². The number of esters is 1. The van der Waals surface area contributed by atoms with Gasteiger partial charge < -0.3 is 51.6 Å². The van der Waals surface area contributed by atoms with Gasteiger partial charge in [0.25, 0.3) is 0 Å². The zero-order valence-electron chi connectivity index (χ0n) is 37.4. The number of phenolic OH excluding ortho intramolecular Hbond substituents is 1. The number of hydrogen-bond donors (Lipinski definition) is 8. The maximum absolute atomic E-state index is 13.0. The summed E-state index contributed by atoms with van der Waals surface area (Å²) in [4.78, 5) is 18.3. The van der Waals surface area contributed by atoms with Crippen molar-refractivity contribution in [3.05, 3.63) is 35.4 Å². The summed E-state index contributed by atoms with van der Waals surface area (Å²) < 4.78 is 13.0. The van der Waals surface area contributed by atoms with Crippen LogP contribution < -0.4 is 26.4 Å². The van der Waals surface area contributed by atoms with Gasteiger partial charge in [0, 0.05) is 61.9 Å². The lowest BCUT2D eigenvalue weighted by atomic mass is 9.65. The first-order valence-electron chi connectivity index (χ1n) is 24.1. The molecule has 1 aromatic carbocycles. The molecule has 64 heavy (non-hydrogen) atoms. The minimum Gasteiger partial charge on any atom is -0.504 e. The Hall–Kier alpha value is -3.08. The van der Waals surface area contributed by atoms with Crippen LogP contribution >= 0.6 is 21.6 Å². The normalized spacial score (nSPS) is 39.6. The standard InChI is InChI=1S/C50H69N5O7S2/c1-32(57)61-42-24-37(58)11-18-50-17-10-34-20-33-8-9-39(27-52-30-49(25-33)26-38(12-19-53-49)62-43-23-35(21-40(34)42)36(28-56)22-41(43)59)64-63-31-48(16-5-15-47(29-48)13-2-3-14-47)55-46(51)54-44(50)6-4-7-45(50)60/h4,6,22-23,33-34,37-40,42,44-45,52-53,56,58-60H,2-3,5,7,11-16,18-21,24-31H2,1H3,(H3,51,54,55). The molecule has 4 heterocycles. The van der Waals surface area contributed by atoms with Crippen molar-refractivity contribution >= 4 is 33.5 Å². The van der Waals surface area contributed by atoms with E-state index in [0.29, 0.717) is 80.7 Å². The number of hydrogen-bond acceptors (Lipinski definition) is 14. The number of fused-ring (bicyclic) bond motifs is 4. The van der Waals surface area contributed by atoms with E-state index in [2.05, 4.69) is 39.6 Å². The number of carbonyl (C=O) groups is 1. The monoisotopic (exact) mass is 915 g/mol. The minimum absolute atomic E-state index is 0.00473. The summed E-state index contributed by atoms with van der Waals surface area (Å²) in [5, 5.41) is 58.0. The fourth-order valence-corrected chi connectivity index (χ4v) is 15.8. The van der Waals surface area contributed by atoms with Crippen LogP contribution in [0.3, 0.4) is 0 Å². The third kappa shape index (κ3) is 9.95. The molecule has 1 aromatic rings. The molecule has 9 rings (SSSR count). The van der Waals surface area contributed by atoms with Gasteiger partial charge in [0.2, 0.25) is 0 Å². The van der Waals surface area contributed by atoms with Gasteiger partial charge in [-0.05, 0) is 112 Å². The van der Waals surface area contributed by atoms with Gasteiger partial charge in [-0.2, -0.15) is 0 Å². The van der Waals surface area contributed by atoms with Crippen LogP contribution in [-0.2, 0) is 22.6 Å². The van der Waals surface area contributed by atoms with E-state index in [1.54, 1.807) is 6.07 Å². The largest absolute Gasteiger partial charge is 0.504 e. The highest BCUT2D eigenvalue weighted by Crippen LogP contribution is 2.53. The van der Waals surface area contributed by atoms with Crippen LogP contribution in [0, 0.1) is 52.3 Å². The second kappa shape index (κ2) is 19.3. The van der Waals surface area contributed by atoms with Gasteiger partial charge in [-0.15, -0.1) is 0 Å². The molecule has 4 aliphatic carbocycles. The molecule has 12 unspecified atom stereocenters. The number of nitrogens with zero attached hydrogens (tertiary/aromatic N) is 1. The summed E-state index contributed by atoms with van der Waals surface area (Å²) in [7, 11) is 3.72. The van der Waals surface area contributed by atoms with Crippen LogP contribution in [0.4, 0.5) is 0 Å². The van der Waals surface area contributed by atoms with Crippen LogP contribution in [0.15, 0.2) is 29.3 Å². The molecule has 1 saturated heterocycles. The number of benzene rings is 1. The summed E-state index contributed by atoms with van der Waals surface area (Å²) in [5.74, 6) is 15.1. The van der Waals surface area contributed by atoms with Crippen molar-refractivity contribution in [2.24, 2.45) is 39.3 Å². The minimum atomic E-state index is -1.07. The summed E-state index contributed by atoms with van der Waals surface area (Å²) in [6.07, 6.45) is 15.0. The van der Waals surface area contributed by atoms with Crippen molar-refractivity contribution in [1.82, 2.24) is 16.0 Å². The van der Waals surface area contributed by atoms with Gasteiger partial charge >= 0.3 is 5.97 Å². The van der Waals surface area contributed by atoms with E-state index in [1.807, 2.05) is 39.8 Å². The smallest absolute Gasteiger partial charge is 0.302 e. The van der Waals surface area contributed by atoms with Crippen LogP contribution in [0.1, 0.15) is 121 Å². The van der Waals surface area contributed by atoms with E-state index in [1.165, 1.54) is 39.0 Å². The van der Waals surface area contributed by atoms with Gasteiger partial charge in [0.1, 0.15) is 12.2 Å². The van der Waals surface area contributed by atoms with Gasteiger partial charge in [0.05, 0.1) is 41.1 Å². The lowest BCUT2D eigenvalue weighted by molar-refractivity contribution is -0.152. The molecule has 3 fully saturated rings. The van der Waals surface area contributed by atoms with Gasteiger partial charge in [-0.3, -0.25) is 4.79 Å². The van der Waals surface area contributed by atoms with Gasteiger partial charge in [-0.1, -0.05) is 76.7 Å².